The van der Waals surface area contributed by atoms with Crippen molar-refractivity contribution >= 4 is 5.97 Å². The molecular weight excluding hydrogens is 358 g/mol. The zero-order chi connectivity index (χ0) is 19.9. The van der Waals surface area contributed by atoms with Gasteiger partial charge in [0, 0.05) is 20.1 Å². The minimum absolute atomic E-state index is 0.0803. The Morgan fingerprint density at radius 3 is 2.86 bits per heavy atom. The molecule has 1 aromatic carbocycles. The topological polar surface area (TPSA) is 57.2 Å². The van der Waals surface area contributed by atoms with Gasteiger partial charge in [-0.3, -0.25) is 4.79 Å². The first kappa shape index (κ1) is 21.2. The Morgan fingerprint density at radius 2 is 2.14 bits per heavy atom. The smallest absolute Gasteiger partial charge is 0.303 e. The second kappa shape index (κ2) is 10.3. The Bertz CT molecular complexity index is 642. The number of rotatable bonds is 9. The highest BCUT2D eigenvalue weighted by Crippen LogP contribution is 2.37. The Hall–Kier alpha value is -1.47. The third-order valence-electron chi connectivity index (χ3n) is 5.28. The highest BCUT2D eigenvalue weighted by molar-refractivity contribution is 5.66. The summed E-state index contributed by atoms with van der Waals surface area (Å²) >= 11 is 0. The molecule has 1 saturated heterocycles. The van der Waals surface area contributed by atoms with Gasteiger partial charge in [0.2, 0.25) is 0 Å². The highest BCUT2D eigenvalue weighted by Gasteiger charge is 2.28. The van der Waals surface area contributed by atoms with E-state index in [2.05, 4.69) is 17.0 Å². The van der Waals surface area contributed by atoms with Crippen LogP contribution in [0.3, 0.4) is 0 Å². The van der Waals surface area contributed by atoms with Crippen molar-refractivity contribution < 1.29 is 23.7 Å². The maximum Gasteiger partial charge on any atom is 0.303 e. The summed E-state index contributed by atoms with van der Waals surface area (Å²) in [4.78, 5) is 13.6. The van der Waals surface area contributed by atoms with Crippen molar-refractivity contribution in [3.8, 4) is 0 Å². The summed E-state index contributed by atoms with van der Waals surface area (Å²) < 4.78 is 23.2. The number of carbonyl (C=O) groups excluding carboxylic acids is 1. The molecule has 28 heavy (non-hydrogen) atoms. The van der Waals surface area contributed by atoms with E-state index in [1.807, 2.05) is 20.2 Å². The van der Waals surface area contributed by atoms with Crippen molar-refractivity contribution in [1.82, 2.24) is 4.90 Å². The van der Waals surface area contributed by atoms with E-state index in [1.54, 1.807) is 0 Å². The maximum atomic E-state index is 11.6. The quantitative estimate of drug-likeness (QED) is 0.475. The van der Waals surface area contributed by atoms with Gasteiger partial charge in [-0.05, 0) is 62.9 Å². The van der Waals surface area contributed by atoms with Gasteiger partial charge in [-0.1, -0.05) is 18.2 Å². The van der Waals surface area contributed by atoms with Gasteiger partial charge in [-0.15, -0.1) is 0 Å². The lowest BCUT2D eigenvalue weighted by atomic mass is 10.0. The van der Waals surface area contributed by atoms with Crippen molar-refractivity contribution in [2.75, 3.05) is 40.5 Å². The number of benzene rings is 1. The number of esters is 1. The van der Waals surface area contributed by atoms with Crippen molar-refractivity contribution in [2.45, 2.75) is 57.5 Å². The molecule has 3 atom stereocenters. The molecule has 0 aromatic heterocycles. The van der Waals surface area contributed by atoms with Crippen LogP contribution < -0.4 is 0 Å². The van der Waals surface area contributed by atoms with Crippen LogP contribution >= 0.6 is 0 Å². The van der Waals surface area contributed by atoms with E-state index in [0.29, 0.717) is 13.2 Å². The first-order valence-corrected chi connectivity index (χ1v) is 10.3. The van der Waals surface area contributed by atoms with Crippen LogP contribution in [-0.2, 0) is 30.2 Å². The molecule has 1 aromatic rings. The Kier molecular flexibility index (Phi) is 7.85. The van der Waals surface area contributed by atoms with Crippen LogP contribution in [0.2, 0.25) is 0 Å². The molecule has 0 radical (unpaired) electrons. The van der Waals surface area contributed by atoms with Crippen LogP contribution in [-0.4, -0.2) is 57.6 Å². The summed E-state index contributed by atoms with van der Waals surface area (Å²) in [5.41, 5.74) is 3.48. The molecule has 3 unspecified atom stereocenters. The summed E-state index contributed by atoms with van der Waals surface area (Å²) in [6.45, 7) is 4.03. The second-order valence-electron chi connectivity index (χ2n) is 7.89. The average Bonchev–Trinajstić information content (AvgIpc) is 3.06. The monoisotopic (exact) mass is 391 g/mol. The average molecular weight is 392 g/mol. The first-order valence-electron chi connectivity index (χ1n) is 10.3. The van der Waals surface area contributed by atoms with Gasteiger partial charge in [0.05, 0.1) is 19.3 Å². The number of ether oxygens (including phenoxy) is 4. The Labute approximate surface area is 168 Å². The van der Waals surface area contributed by atoms with Crippen molar-refractivity contribution in [1.29, 1.82) is 0 Å². The van der Waals surface area contributed by atoms with E-state index in [4.69, 9.17) is 18.9 Å². The molecule has 0 amide bonds. The summed E-state index contributed by atoms with van der Waals surface area (Å²) in [6, 6.07) is 6.29. The summed E-state index contributed by atoms with van der Waals surface area (Å²) in [7, 11) is 4.01. The number of aryl methyl sites for hydroxylation is 1. The predicted octanol–water partition coefficient (Wildman–Crippen LogP) is 3.40. The lowest BCUT2D eigenvalue weighted by molar-refractivity contribution is -0.189. The number of likely N-dealkylation sites (N-methyl/N-ethyl adjacent to an activating group) is 1. The van der Waals surface area contributed by atoms with Crippen LogP contribution in [0.15, 0.2) is 18.2 Å². The maximum absolute atomic E-state index is 11.6. The molecular formula is C22H33NO5. The van der Waals surface area contributed by atoms with Gasteiger partial charge in [0.1, 0.15) is 0 Å². The first-order chi connectivity index (χ1) is 13.5. The van der Waals surface area contributed by atoms with Crippen LogP contribution in [0.4, 0.5) is 0 Å². The number of carbonyl (C=O) groups is 1. The van der Waals surface area contributed by atoms with Crippen LogP contribution in [0.25, 0.3) is 0 Å². The fourth-order valence-electron chi connectivity index (χ4n) is 3.78. The van der Waals surface area contributed by atoms with Gasteiger partial charge < -0.3 is 23.8 Å². The fourth-order valence-corrected chi connectivity index (χ4v) is 3.78. The summed E-state index contributed by atoms with van der Waals surface area (Å²) in [5.74, 6) is -0.294. The molecule has 0 spiro atoms. The van der Waals surface area contributed by atoms with Gasteiger partial charge in [0.25, 0.3) is 0 Å². The molecule has 2 aliphatic rings. The lowest BCUT2D eigenvalue weighted by Gasteiger charge is -2.26. The standard InChI is InChI=1S/C22H33NO5/c1-16(24)27-21(15-25-13-11-23(2)3)18-7-9-19-17(14-18)8-10-20(19)28-22-6-4-5-12-26-22/h7,9,14,20-22H,4-6,8,10-13,15H2,1-3H3. The number of nitrogens with zero attached hydrogens (tertiary/aromatic N) is 1. The molecule has 3 rings (SSSR count). The SMILES string of the molecule is CC(=O)OC(COCCN(C)C)c1ccc2c(c1)CCC2OC1CCCCO1. The van der Waals surface area contributed by atoms with Crippen LogP contribution in [0.1, 0.15) is 61.5 Å². The van der Waals surface area contributed by atoms with Gasteiger partial charge >= 0.3 is 5.97 Å². The van der Waals surface area contributed by atoms with Crippen molar-refractivity contribution in [3.63, 3.8) is 0 Å². The molecule has 6 heteroatoms. The minimum atomic E-state index is -0.383. The third kappa shape index (κ3) is 6.01. The van der Waals surface area contributed by atoms with Gasteiger partial charge in [-0.25, -0.2) is 0 Å². The fraction of sp³-hybridized carbons (Fsp3) is 0.682. The van der Waals surface area contributed by atoms with E-state index in [0.717, 1.165) is 44.4 Å². The number of hydrogen-bond donors (Lipinski definition) is 0. The molecule has 1 aliphatic carbocycles. The van der Waals surface area contributed by atoms with Gasteiger partial charge in [-0.2, -0.15) is 0 Å². The molecule has 1 heterocycles. The summed E-state index contributed by atoms with van der Waals surface area (Å²) in [5, 5.41) is 0. The van der Waals surface area contributed by atoms with E-state index in [-0.39, 0.29) is 24.5 Å². The zero-order valence-corrected chi connectivity index (χ0v) is 17.3. The highest BCUT2D eigenvalue weighted by atomic mass is 16.7. The van der Waals surface area contributed by atoms with Gasteiger partial charge in [0.15, 0.2) is 12.4 Å². The minimum Gasteiger partial charge on any atom is -0.455 e. The Balaban J connectivity index is 1.63. The van der Waals surface area contributed by atoms with E-state index >= 15 is 0 Å². The van der Waals surface area contributed by atoms with E-state index in [1.165, 1.54) is 24.5 Å². The molecule has 0 bridgehead atoms. The normalized spacial score (nSPS) is 22.9. The lowest BCUT2D eigenvalue weighted by Crippen LogP contribution is -2.23. The summed E-state index contributed by atoms with van der Waals surface area (Å²) in [6.07, 6.45) is 4.83. The van der Waals surface area contributed by atoms with Crippen molar-refractivity contribution in [3.05, 3.63) is 34.9 Å². The number of fused-ring (bicyclic) bond motifs is 1. The largest absolute Gasteiger partial charge is 0.455 e. The zero-order valence-electron chi connectivity index (χ0n) is 17.3. The predicted molar refractivity (Wildman–Crippen MR) is 106 cm³/mol. The van der Waals surface area contributed by atoms with E-state index < -0.39 is 0 Å². The molecule has 0 saturated carbocycles. The van der Waals surface area contributed by atoms with Crippen LogP contribution in [0, 0.1) is 0 Å². The molecule has 1 fully saturated rings. The molecule has 0 N–H and O–H groups in total. The van der Waals surface area contributed by atoms with Crippen molar-refractivity contribution in [2.24, 2.45) is 0 Å². The molecule has 6 nitrogen and oxygen atoms in total. The third-order valence-corrected chi connectivity index (χ3v) is 5.28. The van der Waals surface area contributed by atoms with E-state index in [9.17, 15) is 4.79 Å². The second-order valence-corrected chi connectivity index (χ2v) is 7.89. The molecule has 156 valence electrons. The number of hydrogen-bond acceptors (Lipinski definition) is 6. The molecule has 1 aliphatic heterocycles. The van der Waals surface area contributed by atoms with Crippen LogP contribution in [0.5, 0.6) is 0 Å². The Morgan fingerprint density at radius 1 is 1.29 bits per heavy atom.